The van der Waals surface area contributed by atoms with Gasteiger partial charge >= 0.3 is 0 Å². The van der Waals surface area contributed by atoms with Crippen LogP contribution in [-0.4, -0.2) is 54.4 Å². The fourth-order valence-corrected chi connectivity index (χ4v) is 2.35. The molecule has 0 heterocycles. The summed E-state index contributed by atoms with van der Waals surface area (Å²) in [7, 11) is 3.71. The van der Waals surface area contributed by atoms with E-state index < -0.39 is 10.0 Å². The minimum absolute atomic E-state index is 0. The summed E-state index contributed by atoms with van der Waals surface area (Å²) in [4.78, 5) is 1.94. The maximum absolute atomic E-state index is 11.2. The van der Waals surface area contributed by atoms with Gasteiger partial charge in [-0.1, -0.05) is 6.07 Å². The van der Waals surface area contributed by atoms with Gasteiger partial charge in [-0.2, -0.15) is 0 Å². The number of halogens is 1. The van der Waals surface area contributed by atoms with Crippen molar-refractivity contribution >= 4 is 22.4 Å². The molecular weight excluding hydrogens is 316 g/mol. The molecule has 6 nitrogen and oxygen atoms in total. The lowest BCUT2D eigenvalue weighted by molar-refractivity contribution is 0.297. The molecule has 0 amide bonds. The van der Waals surface area contributed by atoms with Crippen LogP contribution >= 0.6 is 12.4 Å². The molecule has 1 aromatic rings. The van der Waals surface area contributed by atoms with Crippen molar-refractivity contribution in [2.75, 3.05) is 41.1 Å². The number of ether oxygens (including phenoxy) is 2. The van der Waals surface area contributed by atoms with Crippen LogP contribution < -0.4 is 14.2 Å². The molecule has 1 unspecified atom stereocenters. The van der Waals surface area contributed by atoms with Gasteiger partial charge in [-0.15, -0.1) is 12.4 Å². The van der Waals surface area contributed by atoms with Crippen molar-refractivity contribution in [1.82, 2.24) is 9.62 Å². The highest BCUT2D eigenvalue weighted by Crippen LogP contribution is 2.31. The largest absolute Gasteiger partial charge is 0.493 e. The highest BCUT2D eigenvalue weighted by atomic mass is 35.5. The zero-order valence-corrected chi connectivity index (χ0v) is 14.5. The lowest BCUT2D eigenvalue weighted by Crippen LogP contribution is -2.33. The van der Waals surface area contributed by atoms with Gasteiger partial charge in [0, 0.05) is 12.6 Å². The van der Waals surface area contributed by atoms with Crippen LogP contribution in [0, 0.1) is 0 Å². The van der Waals surface area contributed by atoms with Gasteiger partial charge in [-0.05, 0) is 31.8 Å². The fraction of sp³-hybridized carbons (Fsp3) is 0.538. The number of hydrogen-bond donors (Lipinski definition) is 1. The van der Waals surface area contributed by atoms with Crippen molar-refractivity contribution in [2.45, 2.75) is 6.04 Å². The molecule has 0 bridgehead atoms. The summed E-state index contributed by atoms with van der Waals surface area (Å²) in [6.07, 6.45) is 1.15. The van der Waals surface area contributed by atoms with E-state index in [-0.39, 0.29) is 18.4 Å². The van der Waals surface area contributed by atoms with Crippen LogP contribution in [0.5, 0.6) is 11.5 Å². The Labute approximate surface area is 132 Å². The first-order valence-corrected chi connectivity index (χ1v) is 8.00. The molecule has 0 saturated heterocycles. The number of sulfonamides is 1. The Hall–Kier alpha value is -1.02. The third-order valence-corrected chi connectivity index (χ3v) is 3.65. The SMILES string of the molecule is COc1ccc(C(CNS(C)(=O)=O)N(C)C)cc1OC.Cl. The highest BCUT2D eigenvalue weighted by Gasteiger charge is 2.18. The molecule has 0 aromatic heterocycles. The summed E-state index contributed by atoms with van der Waals surface area (Å²) in [6, 6.07) is 5.47. The molecular formula is C13H23ClN2O4S. The Balaban J connectivity index is 0.00000400. The van der Waals surface area contributed by atoms with Crippen molar-refractivity contribution in [2.24, 2.45) is 0 Å². The molecule has 21 heavy (non-hydrogen) atoms. The minimum Gasteiger partial charge on any atom is -0.493 e. The van der Waals surface area contributed by atoms with Gasteiger partial charge in [0.25, 0.3) is 0 Å². The van der Waals surface area contributed by atoms with Crippen LogP contribution in [0.2, 0.25) is 0 Å². The predicted octanol–water partition coefficient (Wildman–Crippen LogP) is 1.28. The number of hydrogen-bond acceptors (Lipinski definition) is 5. The van der Waals surface area contributed by atoms with E-state index in [4.69, 9.17) is 9.47 Å². The van der Waals surface area contributed by atoms with Crippen molar-refractivity contribution in [1.29, 1.82) is 0 Å². The van der Waals surface area contributed by atoms with Crippen LogP contribution in [0.1, 0.15) is 11.6 Å². The minimum atomic E-state index is -3.22. The van der Waals surface area contributed by atoms with Crippen LogP contribution in [-0.2, 0) is 10.0 Å². The molecule has 1 N–H and O–H groups in total. The first kappa shape index (κ1) is 20.0. The van der Waals surface area contributed by atoms with Gasteiger partial charge in [0.1, 0.15) is 0 Å². The van der Waals surface area contributed by atoms with E-state index >= 15 is 0 Å². The Morgan fingerprint density at radius 2 is 1.76 bits per heavy atom. The van der Waals surface area contributed by atoms with Gasteiger partial charge in [0.15, 0.2) is 11.5 Å². The lowest BCUT2D eigenvalue weighted by atomic mass is 10.1. The molecule has 0 fully saturated rings. The Morgan fingerprint density at radius 3 is 2.19 bits per heavy atom. The number of methoxy groups -OCH3 is 2. The first-order chi connectivity index (χ1) is 9.28. The molecule has 1 aromatic carbocycles. The van der Waals surface area contributed by atoms with Crippen LogP contribution in [0.4, 0.5) is 0 Å². The van der Waals surface area contributed by atoms with E-state index in [1.165, 1.54) is 0 Å². The highest BCUT2D eigenvalue weighted by molar-refractivity contribution is 7.88. The Kier molecular flexibility index (Phi) is 8.02. The maximum atomic E-state index is 11.2. The lowest BCUT2D eigenvalue weighted by Gasteiger charge is -2.25. The number of benzene rings is 1. The van der Waals surface area contributed by atoms with Crippen LogP contribution in [0.15, 0.2) is 18.2 Å². The average Bonchev–Trinajstić information content (AvgIpc) is 2.36. The van der Waals surface area contributed by atoms with Crippen LogP contribution in [0.3, 0.4) is 0 Å². The zero-order chi connectivity index (χ0) is 15.3. The van der Waals surface area contributed by atoms with Gasteiger partial charge in [-0.3, -0.25) is 0 Å². The average molecular weight is 339 g/mol. The molecule has 1 rings (SSSR count). The quantitative estimate of drug-likeness (QED) is 0.811. The monoisotopic (exact) mass is 338 g/mol. The van der Waals surface area contributed by atoms with Crippen molar-refractivity contribution in [3.8, 4) is 11.5 Å². The summed E-state index contributed by atoms with van der Waals surface area (Å²) in [5.74, 6) is 1.26. The van der Waals surface area contributed by atoms with E-state index in [9.17, 15) is 8.42 Å². The molecule has 8 heteroatoms. The third-order valence-electron chi connectivity index (χ3n) is 2.95. The standard InChI is InChI=1S/C13H22N2O4S.ClH/c1-15(2)11(9-14-20(5,16)17)10-6-7-12(18-3)13(8-10)19-4;/h6-8,11,14H,9H2,1-5H3;1H. The molecule has 122 valence electrons. The first-order valence-electron chi connectivity index (χ1n) is 6.11. The summed E-state index contributed by atoms with van der Waals surface area (Å²) in [6.45, 7) is 0.293. The topological polar surface area (TPSA) is 67.9 Å². The summed E-state index contributed by atoms with van der Waals surface area (Å²) in [5, 5.41) is 0. The van der Waals surface area contributed by atoms with E-state index in [0.717, 1.165) is 11.8 Å². The fourth-order valence-electron chi connectivity index (χ4n) is 1.89. The van der Waals surface area contributed by atoms with Gasteiger partial charge in [0.05, 0.1) is 20.5 Å². The van der Waals surface area contributed by atoms with Gasteiger partial charge in [0.2, 0.25) is 10.0 Å². The second-order valence-electron chi connectivity index (χ2n) is 4.71. The second-order valence-corrected chi connectivity index (χ2v) is 6.55. The second kappa shape index (κ2) is 8.43. The summed E-state index contributed by atoms with van der Waals surface area (Å²) < 4.78 is 35.5. The number of likely N-dealkylation sites (N-methyl/N-ethyl adjacent to an activating group) is 1. The van der Waals surface area contributed by atoms with Crippen molar-refractivity contribution in [3.05, 3.63) is 23.8 Å². The van der Waals surface area contributed by atoms with E-state index in [2.05, 4.69) is 4.72 Å². The number of rotatable bonds is 7. The van der Waals surface area contributed by atoms with Crippen molar-refractivity contribution < 1.29 is 17.9 Å². The van der Waals surface area contributed by atoms with Crippen LogP contribution in [0.25, 0.3) is 0 Å². The molecule has 0 spiro atoms. The maximum Gasteiger partial charge on any atom is 0.208 e. The Bertz CT molecular complexity index is 549. The third kappa shape index (κ3) is 6.09. The van der Waals surface area contributed by atoms with E-state index in [1.54, 1.807) is 14.2 Å². The smallest absolute Gasteiger partial charge is 0.208 e. The Morgan fingerprint density at radius 1 is 1.19 bits per heavy atom. The summed E-state index contributed by atoms with van der Waals surface area (Å²) >= 11 is 0. The van der Waals surface area contributed by atoms with Crippen molar-refractivity contribution in [3.63, 3.8) is 0 Å². The molecule has 0 aliphatic rings. The molecule has 0 aliphatic carbocycles. The van der Waals surface area contributed by atoms with Gasteiger partial charge in [-0.25, -0.2) is 13.1 Å². The molecule has 0 saturated carbocycles. The van der Waals surface area contributed by atoms with E-state index in [0.29, 0.717) is 18.0 Å². The normalized spacial score (nSPS) is 12.7. The number of nitrogens with zero attached hydrogens (tertiary/aromatic N) is 1. The van der Waals surface area contributed by atoms with Gasteiger partial charge < -0.3 is 14.4 Å². The zero-order valence-electron chi connectivity index (χ0n) is 12.9. The predicted molar refractivity (Wildman–Crippen MR) is 86.1 cm³/mol. The molecule has 0 radical (unpaired) electrons. The number of nitrogens with one attached hydrogen (secondary N) is 1. The molecule has 0 aliphatic heterocycles. The summed E-state index contributed by atoms with van der Waals surface area (Å²) in [5.41, 5.74) is 0.948. The molecule has 1 atom stereocenters. The van der Waals surface area contributed by atoms with E-state index in [1.807, 2.05) is 37.2 Å².